The predicted molar refractivity (Wildman–Crippen MR) is 109 cm³/mol. The number of hydrazine groups is 1. The van der Waals surface area contributed by atoms with Gasteiger partial charge in [-0.25, -0.2) is 10.8 Å². The molecule has 3 rings (SSSR count). The molecule has 3 aliphatic rings. The quantitative estimate of drug-likeness (QED) is 0.355. The molecule has 11 heteroatoms. The number of nitrogens with two attached hydrogens (primary N) is 1. The Morgan fingerprint density at radius 2 is 2.17 bits per heavy atom. The number of rotatable bonds is 5. The Morgan fingerprint density at radius 1 is 1.43 bits per heavy atom. The molecule has 3 heterocycles. The van der Waals surface area contributed by atoms with Crippen molar-refractivity contribution in [2.75, 3.05) is 13.1 Å². The largest absolute Gasteiger partial charge is 0.407 e. The van der Waals surface area contributed by atoms with Crippen molar-refractivity contribution in [3.8, 4) is 0 Å². The maximum Gasteiger partial charge on any atom is 0.407 e. The Balaban J connectivity index is 1.80. The monoisotopic (exact) mass is 425 g/mol. The average molecular weight is 425 g/mol. The predicted octanol–water partition coefficient (Wildman–Crippen LogP) is 1.88. The van der Waals surface area contributed by atoms with Crippen LogP contribution in [0.1, 0.15) is 33.6 Å². The first-order chi connectivity index (χ1) is 14.0. The third kappa shape index (κ3) is 4.55. The van der Waals surface area contributed by atoms with Gasteiger partial charge in [0.25, 0.3) is 5.91 Å². The van der Waals surface area contributed by atoms with Gasteiger partial charge in [0, 0.05) is 30.9 Å². The molecule has 0 aromatic rings. The standard InChI is InChI=1S/C19H26F3N7O/c1-11(2)18(3,17(30)29(23)10-19(20,21)22)28-14-6-8-25-16(27-14)13-9-26-15-12(13)5-4-7-24-15/h4,7,9,11-12H,5-6,8,10,23H2,1-3H3,(H,24,26)(H,25,27,28)/t12?,18-/m1/s1. The second kappa shape index (κ2) is 8.21. The van der Waals surface area contributed by atoms with E-state index in [0.717, 1.165) is 17.8 Å². The molecule has 0 spiro atoms. The molecule has 2 atom stereocenters. The van der Waals surface area contributed by atoms with E-state index in [9.17, 15) is 18.0 Å². The number of carbonyl (C=O) groups excluding carboxylic acids is 1. The van der Waals surface area contributed by atoms with Gasteiger partial charge in [-0.05, 0) is 19.3 Å². The van der Waals surface area contributed by atoms with Gasteiger partial charge in [-0.15, -0.1) is 0 Å². The van der Waals surface area contributed by atoms with Crippen LogP contribution in [0.4, 0.5) is 13.2 Å². The Labute approximate surface area is 172 Å². The van der Waals surface area contributed by atoms with Crippen molar-refractivity contribution in [1.29, 1.82) is 0 Å². The van der Waals surface area contributed by atoms with E-state index >= 15 is 0 Å². The van der Waals surface area contributed by atoms with Gasteiger partial charge in [-0.3, -0.25) is 19.8 Å². The summed E-state index contributed by atoms with van der Waals surface area (Å²) in [6.07, 6.45) is 2.19. The molecular weight excluding hydrogens is 399 g/mol. The van der Waals surface area contributed by atoms with Crippen LogP contribution >= 0.6 is 0 Å². The molecule has 4 N–H and O–H groups in total. The van der Waals surface area contributed by atoms with Crippen molar-refractivity contribution >= 4 is 23.4 Å². The van der Waals surface area contributed by atoms with E-state index in [-0.39, 0.29) is 16.8 Å². The summed E-state index contributed by atoms with van der Waals surface area (Å²) in [5.74, 6) is 6.19. The van der Waals surface area contributed by atoms with E-state index in [4.69, 9.17) is 5.84 Å². The number of hydrogen-bond acceptors (Lipinski definition) is 6. The first-order valence-corrected chi connectivity index (χ1v) is 9.74. The lowest BCUT2D eigenvalue weighted by atomic mass is 9.87. The molecule has 30 heavy (non-hydrogen) atoms. The van der Waals surface area contributed by atoms with Crippen molar-refractivity contribution in [3.05, 3.63) is 24.0 Å². The Hall–Kier alpha value is -2.69. The van der Waals surface area contributed by atoms with Crippen LogP contribution in [-0.2, 0) is 4.79 Å². The first kappa shape index (κ1) is 22.0. The zero-order chi connectivity index (χ0) is 22.1. The van der Waals surface area contributed by atoms with Gasteiger partial charge < -0.3 is 10.6 Å². The smallest absolute Gasteiger partial charge is 0.349 e. The molecule has 0 aromatic carbocycles. The van der Waals surface area contributed by atoms with Gasteiger partial charge in [-0.2, -0.15) is 13.2 Å². The number of allylic oxidation sites excluding steroid dienone is 1. The van der Waals surface area contributed by atoms with Crippen LogP contribution < -0.4 is 16.5 Å². The second-order valence-electron chi connectivity index (χ2n) is 7.95. The maximum absolute atomic E-state index is 12.8. The molecule has 1 unspecified atom stereocenters. The van der Waals surface area contributed by atoms with Crippen LogP contribution in [0, 0.1) is 11.8 Å². The third-order valence-electron chi connectivity index (χ3n) is 5.46. The van der Waals surface area contributed by atoms with E-state index in [1.807, 2.05) is 12.3 Å². The van der Waals surface area contributed by atoms with Gasteiger partial charge in [0.2, 0.25) is 0 Å². The normalized spacial score (nSPS) is 24.3. The lowest BCUT2D eigenvalue weighted by molar-refractivity contribution is -0.165. The van der Waals surface area contributed by atoms with Crippen LogP contribution in [0.5, 0.6) is 0 Å². The molecular formula is C19H26F3N7O. The summed E-state index contributed by atoms with van der Waals surface area (Å²) in [7, 11) is 0. The second-order valence-corrected chi connectivity index (χ2v) is 7.95. The van der Waals surface area contributed by atoms with Gasteiger partial charge in [0.15, 0.2) is 0 Å². The van der Waals surface area contributed by atoms with Crippen molar-refractivity contribution in [3.63, 3.8) is 0 Å². The summed E-state index contributed by atoms with van der Waals surface area (Å²) in [6, 6.07) is 0. The Morgan fingerprint density at radius 3 is 2.83 bits per heavy atom. The van der Waals surface area contributed by atoms with Gasteiger partial charge in [0.05, 0.1) is 5.92 Å². The van der Waals surface area contributed by atoms with E-state index in [2.05, 4.69) is 25.6 Å². The zero-order valence-electron chi connectivity index (χ0n) is 17.1. The zero-order valence-corrected chi connectivity index (χ0v) is 17.1. The van der Waals surface area contributed by atoms with E-state index in [1.54, 1.807) is 20.0 Å². The van der Waals surface area contributed by atoms with Gasteiger partial charge in [0.1, 0.15) is 29.6 Å². The third-order valence-corrected chi connectivity index (χ3v) is 5.46. The minimum atomic E-state index is -4.59. The molecule has 8 nitrogen and oxygen atoms in total. The number of halogens is 3. The van der Waals surface area contributed by atoms with Crippen LogP contribution in [0.2, 0.25) is 0 Å². The highest BCUT2D eigenvalue weighted by Gasteiger charge is 2.43. The van der Waals surface area contributed by atoms with Gasteiger partial charge in [-0.1, -0.05) is 19.9 Å². The van der Waals surface area contributed by atoms with Crippen LogP contribution in [0.25, 0.3) is 0 Å². The van der Waals surface area contributed by atoms with E-state index in [1.165, 1.54) is 6.92 Å². The maximum atomic E-state index is 12.8. The summed E-state index contributed by atoms with van der Waals surface area (Å²) in [5.41, 5.74) is -0.520. The minimum Gasteiger partial charge on any atom is -0.349 e. The summed E-state index contributed by atoms with van der Waals surface area (Å²) in [4.78, 5) is 26.2. The van der Waals surface area contributed by atoms with Crippen molar-refractivity contribution in [1.82, 2.24) is 15.6 Å². The number of alkyl halides is 3. The van der Waals surface area contributed by atoms with Crippen molar-refractivity contribution < 1.29 is 18.0 Å². The Bertz CT molecular complexity index is 857. The fraction of sp³-hybridized carbons (Fsp3) is 0.579. The average Bonchev–Trinajstić information content (AvgIpc) is 3.10. The number of nitrogens with one attached hydrogen (secondary N) is 2. The fourth-order valence-corrected chi connectivity index (χ4v) is 3.45. The number of aliphatic imine (C=N–C) groups is 3. The number of amidine groups is 3. The molecule has 0 bridgehead atoms. The minimum absolute atomic E-state index is 0.0602. The number of amides is 1. The lowest BCUT2D eigenvalue weighted by Gasteiger charge is -2.34. The van der Waals surface area contributed by atoms with E-state index in [0.29, 0.717) is 24.6 Å². The highest BCUT2D eigenvalue weighted by molar-refractivity contribution is 6.15. The SMILES string of the molecule is CC(C)[C@@](C)(N=C1CCN=C(C2=CNC3=NC=CCC23)N1)C(=O)N(N)CC(F)(F)F. The number of hydrogen-bond donors (Lipinski definition) is 3. The highest BCUT2D eigenvalue weighted by Crippen LogP contribution is 2.28. The topological polar surface area (TPSA) is 107 Å². The van der Waals surface area contributed by atoms with Crippen LogP contribution in [-0.4, -0.2) is 53.2 Å². The molecule has 0 fully saturated rings. The fourth-order valence-electron chi connectivity index (χ4n) is 3.45. The van der Waals surface area contributed by atoms with Crippen LogP contribution in [0.3, 0.4) is 0 Å². The molecule has 164 valence electrons. The first-order valence-electron chi connectivity index (χ1n) is 9.74. The summed E-state index contributed by atoms with van der Waals surface area (Å²) in [6.45, 7) is 3.87. The molecule has 3 aliphatic heterocycles. The van der Waals surface area contributed by atoms with Crippen molar-refractivity contribution in [2.45, 2.75) is 45.3 Å². The Kier molecular flexibility index (Phi) is 6.02. The van der Waals surface area contributed by atoms with Crippen molar-refractivity contribution in [2.24, 2.45) is 32.7 Å². The number of carbonyl (C=O) groups is 1. The lowest BCUT2D eigenvalue weighted by Crippen LogP contribution is -2.55. The van der Waals surface area contributed by atoms with Crippen LogP contribution in [0.15, 0.2) is 39.0 Å². The van der Waals surface area contributed by atoms with Gasteiger partial charge >= 0.3 is 6.18 Å². The molecule has 0 aliphatic carbocycles. The molecule has 0 radical (unpaired) electrons. The molecule has 0 saturated carbocycles. The molecule has 0 saturated heterocycles. The molecule has 0 aromatic heterocycles. The molecule has 1 amide bonds. The number of nitrogens with zero attached hydrogens (tertiary/aromatic N) is 4. The van der Waals surface area contributed by atoms with E-state index < -0.39 is 24.2 Å². The summed E-state index contributed by atoms with van der Waals surface area (Å²) in [5, 5.41) is 6.49. The number of fused-ring (bicyclic) bond motifs is 1. The summed E-state index contributed by atoms with van der Waals surface area (Å²) < 4.78 is 38.1. The summed E-state index contributed by atoms with van der Waals surface area (Å²) >= 11 is 0. The highest BCUT2D eigenvalue weighted by atomic mass is 19.4.